The van der Waals surface area contributed by atoms with Gasteiger partial charge in [0.25, 0.3) is 11.8 Å². The zero-order valence-corrected chi connectivity index (χ0v) is 17.2. The van der Waals surface area contributed by atoms with Crippen molar-refractivity contribution in [1.29, 1.82) is 0 Å². The third-order valence-corrected chi connectivity index (χ3v) is 5.32. The standard InChI is InChI=1S/C23H20N4O5/c1-32-17-8-6-15-11-27(22(30)19(15)9-17)12-16(26-23(31)25-13-28)7-5-14-3-2-4-18-20(14)10-24-21(18)29/h2-4,6,8-9,13,16H,10-12H2,1H3,(H,24,29)(H2,25,26,28,31)/t16-/m1/s1. The van der Waals surface area contributed by atoms with E-state index in [9.17, 15) is 19.2 Å². The van der Waals surface area contributed by atoms with Gasteiger partial charge in [-0.1, -0.05) is 24.0 Å². The van der Waals surface area contributed by atoms with E-state index in [2.05, 4.69) is 22.5 Å². The van der Waals surface area contributed by atoms with Crippen LogP contribution in [0.4, 0.5) is 4.79 Å². The highest BCUT2D eigenvalue weighted by Crippen LogP contribution is 2.26. The summed E-state index contributed by atoms with van der Waals surface area (Å²) in [4.78, 5) is 48.9. The van der Waals surface area contributed by atoms with Crippen molar-refractivity contribution < 1.29 is 23.9 Å². The second-order valence-electron chi connectivity index (χ2n) is 7.28. The average Bonchev–Trinajstić information content (AvgIpc) is 3.32. The molecule has 2 aliphatic heterocycles. The number of nitrogens with zero attached hydrogens (tertiary/aromatic N) is 1. The van der Waals surface area contributed by atoms with Gasteiger partial charge in [-0.05, 0) is 35.4 Å². The summed E-state index contributed by atoms with van der Waals surface area (Å²) in [7, 11) is 1.53. The summed E-state index contributed by atoms with van der Waals surface area (Å²) in [5, 5.41) is 7.38. The smallest absolute Gasteiger partial charge is 0.322 e. The van der Waals surface area contributed by atoms with Gasteiger partial charge < -0.3 is 20.3 Å². The first-order chi connectivity index (χ1) is 15.5. The van der Waals surface area contributed by atoms with E-state index in [0.717, 1.165) is 11.1 Å². The van der Waals surface area contributed by atoms with Crippen molar-refractivity contribution in [3.05, 3.63) is 64.2 Å². The predicted octanol–water partition coefficient (Wildman–Crippen LogP) is 0.770. The monoisotopic (exact) mass is 432 g/mol. The van der Waals surface area contributed by atoms with Gasteiger partial charge in [0.2, 0.25) is 6.41 Å². The Bertz CT molecular complexity index is 1180. The van der Waals surface area contributed by atoms with Gasteiger partial charge in [-0.15, -0.1) is 0 Å². The highest BCUT2D eigenvalue weighted by atomic mass is 16.5. The fourth-order valence-electron chi connectivity index (χ4n) is 3.75. The number of benzene rings is 2. The van der Waals surface area contributed by atoms with E-state index in [1.165, 1.54) is 7.11 Å². The minimum absolute atomic E-state index is 0.112. The Morgan fingerprint density at radius 1 is 1.28 bits per heavy atom. The van der Waals surface area contributed by atoms with Crippen LogP contribution in [-0.2, 0) is 17.9 Å². The number of imide groups is 1. The molecule has 0 saturated carbocycles. The van der Waals surface area contributed by atoms with E-state index in [1.807, 2.05) is 11.4 Å². The molecule has 0 unspecified atom stereocenters. The molecule has 9 heteroatoms. The molecule has 2 aromatic rings. The molecule has 32 heavy (non-hydrogen) atoms. The number of carbonyl (C=O) groups is 4. The largest absolute Gasteiger partial charge is 0.497 e. The maximum absolute atomic E-state index is 12.9. The summed E-state index contributed by atoms with van der Waals surface area (Å²) >= 11 is 0. The number of amides is 5. The lowest BCUT2D eigenvalue weighted by molar-refractivity contribution is -0.108. The lowest BCUT2D eigenvalue weighted by Gasteiger charge is -2.21. The van der Waals surface area contributed by atoms with Crippen LogP contribution < -0.4 is 20.7 Å². The molecule has 9 nitrogen and oxygen atoms in total. The number of nitrogens with one attached hydrogen (secondary N) is 3. The van der Waals surface area contributed by atoms with Gasteiger partial charge in [-0.2, -0.15) is 0 Å². The van der Waals surface area contributed by atoms with Gasteiger partial charge in [0.1, 0.15) is 11.8 Å². The molecule has 0 aromatic heterocycles. The Morgan fingerprint density at radius 3 is 2.91 bits per heavy atom. The molecule has 0 spiro atoms. The highest BCUT2D eigenvalue weighted by molar-refractivity contribution is 5.99. The fraction of sp³-hybridized carbons (Fsp3) is 0.217. The molecular formula is C23H20N4O5. The van der Waals surface area contributed by atoms with Gasteiger partial charge in [0.05, 0.1) is 13.7 Å². The number of fused-ring (bicyclic) bond motifs is 2. The maximum atomic E-state index is 12.9. The molecule has 2 aromatic carbocycles. The van der Waals surface area contributed by atoms with Crippen LogP contribution in [0.15, 0.2) is 36.4 Å². The van der Waals surface area contributed by atoms with E-state index in [4.69, 9.17) is 4.74 Å². The number of carbonyl (C=O) groups excluding carboxylic acids is 4. The van der Waals surface area contributed by atoms with Crippen molar-refractivity contribution in [2.24, 2.45) is 0 Å². The Hall–Kier alpha value is -4.32. The molecule has 3 N–H and O–H groups in total. The predicted molar refractivity (Wildman–Crippen MR) is 114 cm³/mol. The van der Waals surface area contributed by atoms with Gasteiger partial charge in [-0.25, -0.2) is 4.79 Å². The van der Waals surface area contributed by atoms with Crippen molar-refractivity contribution in [3.8, 4) is 17.6 Å². The highest BCUT2D eigenvalue weighted by Gasteiger charge is 2.30. The number of urea groups is 1. The van der Waals surface area contributed by atoms with Crippen LogP contribution in [0.1, 0.15) is 37.4 Å². The zero-order chi connectivity index (χ0) is 22.7. The summed E-state index contributed by atoms with van der Waals surface area (Å²) in [5.41, 5.74) is 3.41. The molecule has 2 aliphatic rings. The van der Waals surface area contributed by atoms with Crippen molar-refractivity contribution in [2.45, 2.75) is 19.1 Å². The summed E-state index contributed by atoms with van der Waals surface area (Å²) in [6.45, 7) is 0.859. The van der Waals surface area contributed by atoms with Crippen molar-refractivity contribution in [1.82, 2.24) is 20.9 Å². The van der Waals surface area contributed by atoms with E-state index in [0.29, 0.717) is 35.5 Å². The Balaban J connectivity index is 1.57. The van der Waals surface area contributed by atoms with Crippen molar-refractivity contribution in [2.75, 3.05) is 13.7 Å². The zero-order valence-electron chi connectivity index (χ0n) is 17.2. The number of methoxy groups -OCH3 is 1. The third-order valence-electron chi connectivity index (χ3n) is 5.32. The van der Waals surface area contributed by atoms with Crippen LogP contribution in [0.3, 0.4) is 0 Å². The molecular weight excluding hydrogens is 412 g/mol. The molecule has 0 radical (unpaired) electrons. The van der Waals surface area contributed by atoms with Gasteiger partial charge in [0, 0.05) is 29.8 Å². The maximum Gasteiger partial charge on any atom is 0.322 e. The number of rotatable bonds is 5. The molecule has 2 heterocycles. The first-order valence-electron chi connectivity index (χ1n) is 9.88. The van der Waals surface area contributed by atoms with Gasteiger partial charge >= 0.3 is 6.03 Å². The quantitative estimate of drug-likeness (QED) is 0.477. The Morgan fingerprint density at radius 2 is 2.12 bits per heavy atom. The summed E-state index contributed by atoms with van der Waals surface area (Å²) in [6, 6.07) is 9.08. The molecule has 0 aliphatic carbocycles. The van der Waals surface area contributed by atoms with Crippen LogP contribution in [-0.4, -0.2) is 48.9 Å². The van der Waals surface area contributed by atoms with Crippen LogP contribution in [0, 0.1) is 11.8 Å². The number of hydrogen-bond donors (Lipinski definition) is 3. The molecule has 0 bridgehead atoms. The first-order valence-corrected chi connectivity index (χ1v) is 9.88. The van der Waals surface area contributed by atoms with Crippen LogP contribution in [0.25, 0.3) is 0 Å². The molecule has 1 atom stereocenters. The minimum Gasteiger partial charge on any atom is -0.497 e. The molecule has 0 fully saturated rings. The number of hydrogen-bond acceptors (Lipinski definition) is 5. The second-order valence-corrected chi connectivity index (χ2v) is 7.28. The van der Waals surface area contributed by atoms with E-state index < -0.39 is 12.1 Å². The fourth-order valence-corrected chi connectivity index (χ4v) is 3.75. The van der Waals surface area contributed by atoms with E-state index in [1.54, 1.807) is 35.2 Å². The lowest BCUT2D eigenvalue weighted by atomic mass is 10.0. The normalized spacial score (nSPS) is 14.5. The van der Waals surface area contributed by atoms with Crippen LogP contribution in [0.5, 0.6) is 5.75 Å². The molecule has 0 saturated heterocycles. The summed E-state index contributed by atoms with van der Waals surface area (Å²) in [6.07, 6.45) is 0.268. The summed E-state index contributed by atoms with van der Waals surface area (Å²) in [5.74, 6) is 6.22. The van der Waals surface area contributed by atoms with Gasteiger partial charge in [-0.3, -0.25) is 19.7 Å². The number of ether oxygens (including phenoxy) is 1. The Labute approximate surface area is 184 Å². The second kappa shape index (κ2) is 8.81. The molecule has 4 rings (SSSR count). The lowest BCUT2D eigenvalue weighted by Crippen LogP contribution is -2.46. The van der Waals surface area contributed by atoms with E-state index >= 15 is 0 Å². The van der Waals surface area contributed by atoms with E-state index in [-0.39, 0.29) is 24.8 Å². The average molecular weight is 432 g/mol. The third kappa shape index (κ3) is 4.11. The van der Waals surface area contributed by atoms with Crippen LogP contribution >= 0.6 is 0 Å². The van der Waals surface area contributed by atoms with Crippen molar-refractivity contribution in [3.63, 3.8) is 0 Å². The van der Waals surface area contributed by atoms with Gasteiger partial charge in [0.15, 0.2) is 0 Å². The molecule has 162 valence electrons. The first kappa shape index (κ1) is 20.9. The SMILES string of the molecule is COc1ccc2c(c1)C(=O)N(C[C@@H](C#Cc1cccc3c1CNC3=O)NC(=O)NC=O)C2. The van der Waals surface area contributed by atoms with Crippen molar-refractivity contribution >= 4 is 24.3 Å². The minimum atomic E-state index is -0.754. The molecule has 5 amide bonds. The Kier molecular flexibility index (Phi) is 5.77. The topological polar surface area (TPSA) is 117 Å². The van der Waals surface area contributed by atoms with Crippen LogP contribution in [0.2, 0.25) is 0 Å². The summed E-state index contributed by atoms with van der Waals surface area (Å²) < 4.78 is 5.19.